The molecule has 1 radical (unpaired) electrons. The van der Waals surface area contributed by atoms with Crippen molar-refractivity contribution in [2.45, 2.75) is 60.2 Å². The molecule has 0 bridgehead atoms. The van der Waals surface area contributed by atoms with Crippen molar-refractivity contribution in [3.8, 4) is 5.75 Å². The monoisotopic (exact) mass is 1000 g/mol. The minimum Gasteiger partial charge on any atom is -0.482 e. The van der Waals surface area contributed by atoms with Crippen molar-refractivity contribution < 1.29 is 23.9 Å². The molecule has 4 rings (SSSR count). The van der Waals surface area contributed by atoms with Crippen molar-refractivity contribution in [3.63, 3.8) is 0 Å². The number of hydrogen-bond acceptors (Lipinski definition) is 8. The van der Waals surface area contributed by atoms with E-state index in [2.05, 4.69) is 48.1 Å². The molecule has 0 spiro atoms. The maximum absolute atomic E-state index is 13.4. The number of piperazine rings is 1. The van der Waals surface area contributed by atoms with Gasteiger partial charge in [0, 0.05) is 48.2 Å². The molecule has 0 unspecified atom stereocenters. The third-order valence-electron chi connectivity index (χ3n) is 7.44. The molecule has 1 aliphatic rings. The van der Waals surface area contributed by atoms with Crippen LogP contribution in [0.2, 0.25) is 0 Å². The van der Waals surface area contributed by atoms with Crippen LogP contribution < -0.4 is 15.4 Å². The van der Waals surface area contributed by atoms with E-state index in [0.717, 1.165) is 20.7 Å². The minimum absolute atomic E-state index is 0. The van der Waals surface area contributed by atoms with E-state index in [-0.39, 0.29) is 17.6 Å². The Kier molecular flexibility index (Phi) is 11.9. The molecular formula is C34H42ILrN6O5-. The van der Waals surface area contributed by atoms with Gasteiger partial charge in [0.2, 0.25) is 0 Å². The fraction of sp³-hybridized carbons (Fsp3) is 0.412. The average Bonchev–Trinajstić information content (AvgIpc) is 2.97. The Morgan fingerprint density at radius 3 is 2.32 bits per heavy atom. The van der Waals surface area contributed by atoms with E-state index < -0.39 is 17.6 Å². The molecule has 47 heavy (non-hydrogen) atoms. The maximum atomic E-state index is 13.4. The summed E-state index contributed by atoms with van der Waals surface area (Å²) in [6.45, 7) is 15.1. The molecule has 3 amide bonds. The first-order valence-electron chi connectivity index (χ1n) is 15.1. The third kappa shape index (κ3) is 9.38. The summed E-state index contributed by atoms with van der Waals surface area (Å²) in [6, 6.07) is 9.95. The second-order valence-electron chi connectivity index (χ2n) is 12.5. The molecule has 261 valence electrons. The number of halogens is 1. The zero-order chi connectivity index (χ0) is 33.8. The normalized spacial score (nSPS) is 14.5. The predicted molar refractivity (Wildman–Crippen MR) is 185 cm³/mol. The van der Waals surface area contributed by atoms with E-state index in [1.807, 2.05) is 59.7 Å². The quantitative estimate of drug-likeness (QED) is 0.213. The fourth-order valence-electron chi connectivity index (χ4n) is 5.07. The van der Waals surface area contributed by atoms with Gasteiger partial charge in [-0.3, -0.25) is 14.6 Å². The number of nitrogens with zero attached hydrogens (tertiary/aromatic N) is 4. The smallest absolute Gasteiger partial charge is 0.380 e. The summed E-state index contributed by atoms with van der Waals surface area (Å²) < 4.78 is 13.2. The number of pyridine rings is 2. The Balaban J connectivity index is 0.00000600. The van der Waals surface area contributed by atoms with Crippen LogP contribution in [0.15, 0.2) is 42.7 Å². The SMILES string of the molecule is CNC(=O)c1cc(C(=O)Nc2ncc(I)cc2C)c(C)cc1O[C@H](CN1CCN(C(=O)OC(C)(C)C)[C-](C)C1)c1ccc(C)cn1.[Lr]. The summed E-state index contributed by atoms with van der Waals surface area (Å²) >= 11 is 2.17. The first kappa shape index (κ1) is 36.7. The standard InChI is InChI=1S/C34H42IN6O5.Lr/c1-20-9-10-27(37-16-20)29(19-40-11-12-41(23(4)18-40)33(44)46-34(5,6)7)45-28-14-21(2)25(15-26(28)31(42)36-8)32(43)39-30-22(3)13-24(35)17-38-30;/h9-10,13-17,29H,11-12,18-19H2,1-8H3,(H,36,42)(H,38,39,43);/q-1;/t29-;/m1./s1. The number of nitrogens with one attached hydrogen (secondary N) is 2. The number of ether oxygens (including phenoxy) is 2. The zero-order valence-corrected chi connectivity index (χ0v) is 32.2. The van der Waals surface area contributed by atoms with Gasteiger partial charge in [0.15, 0.2) is 6.10 Å². The van der Waals surface area contributed by atoms with Crippen LogP contribution in [0.5, 0.6) is 5.75 Å². The van der Waals surface area contributed by atoms with E-state index in [0.29, 0.717) is 54.6 Å². The molecule has 11 nitrogen and oxygen atoms in total. The molecule has 1 saturated heterocycles. The molecule has 2 N–H and O–H groups in total. The molecule has 3 heterocycles. The number of benzene rings is 1. The summed E-state index contributed by atoms with van der Waals surface area (Å²) in [4.78, 5) is 52.2. The van der Waals surface area contributed by atoms with Crippen LogP contribution in [-0.2, 0) is 4.74 Å². The van der Waals surface area contributed by atoms with Gasteiger partial charge >= 0.3 is 6.09 Å². The van der Waals surface area contributed by atoms with Gasteiger partial charge < -0.3 is 29.9 Å². The zero-order valence-electron chi connectivity index (χ0n) is 27.9. The Morgan fingerprint density at radius 2 is 1.72 bits per heavy atom. The van der Waals surface area contributed by atoms with Gasteiger partial charge in [0.1, 0.15) is 17.2 Å². The largest absolute Gasteiger partial charge is 0.482 e. The summed E-state index contributed by atoms with van der Waals surface area (Å²) in [5.74, 6) is 0.0171. The van der Waals surface area contributed by atoms with Crippen LogP contribution in [-0.4, -0.2) is 76.5 Å². The van der Waals surface area contributed by atoms with E-state index in [1.165, 1.54) is 7.05 Å². The molecule has 1 atom stereocenters. The Bertz CT molecular complexity index is 1600. The summed E-state index contributed by atoms with van der Waals surface area (Å²) in [7, 11) is 1.53. The van der Waals surface area contributed by atoms with Gasteiger partial charge in [0.05, 0.1) is 11.3 Å². The van der Waals surface area contributed by atoms with E-state index in [4.69, 9.17) is 9.47 Å². The number of carbonyl (C=O) groups is 3. The first-order chi connectivity index (χ1) is 21.6. The fourth-order valence-corrected chi connectivity index (χ4v) is 5.68. The predicted octanol–water partition coefficient (Wildman–Crippen LogP) is 5.84. The Labute approximate surface area is 284 Å². The number of rotatable bonds is 8. The van der Waals surface area contributed by atoms with Crippen LogP contribution in [0, 0.1) is 30.4 Å². The van der Waals surface area contributed by atoms with Crippen molar-refractivity contribution in [1.82, 2.24) is 25.1 Å². The molecule has 0 aliphatic carbocycles. The van der Waals surface area contributed by atoms with Crippen molar-refractivity contribution >= 4 is 46.3 Å². The number of aromatic nitrogens is 2. The van der Waals surface area contributed by atoms with Crippen molar-refractivity contribution in [2.24, 2.45) is 0 Å². The third-order valence-corrected chi connectivity index (χ3v) is 8.03. The minimum atomic E-state index is -0.586. The molecule has 1 aliphatic heterocycles. The average molecular weight is 1000 g/mol. The summed E-state index contributed by atoms with van der Waals surface area (Å²) in [5.41, 5.74) is 3.14. The number of anilines is 1. The molecule has 1 fully saturated rings. The van der Waals surface area contributed by atoms with E-state index in [1.54, 1.807) is 36.4 Å². The molecular weight excluding hydrogens is 961 g/mol. The van der Waals surface area contributed by atoms with Gasteiger partial charge in [-0.05, 0) is 105 Å². The van der Waals surface area contributed by atoms with Gasteiger partial charge in [-0.1, -0.05) is 6.07 Å². The maximum Gasteiger partial charge on any atom is 0.380 e. The van der Waals surface area contributed by atoms with Crippen molar-refractivity contribution in [1.29, 1.82) is 0 Å². The molecule has 2 aromatic heterocycles. The topological polar surface area (TPSA) is 126 Å². The van der Waals surface area contributed by atoms with Crippen LogP contribution >= 0.6 is 22.6 Å². The van der Waals surface area contributed by atoms with Crippen LogP contribution in [0.4, 0.5) is 10.6 Å². The van der Waals surface area contributed by atoms with Crippen LogP contribution in [0.3, 0.4) is 0 Å². The summed E-state index contributed by atoms with van der Waals surface area (Å²) in [5, 5.41) is 5.54. The van der Waals surface area contributed by atoms with Gasteiger partial charge in [-0.2, -0.15) is 6.92 Å². The molecule has 13 heteroatoms. The number of carbonyl (C=O) groups excluding carboxylic acids is 3. The van der Waals surface area contributed by atoms with Gasteiger partial charge in [-0.15, -0.1) is 6.54 Å². The first-order valence-corrected chi connectivity index (χ1v) is 16.2. The van der Waals surface area contributed by atoms with E-state index >= 15 is 0 Å². The Hall–Kier alpha value is -4.78. The van der Waals surface area contributed by atoms with E-state index in [9.17, 15) is 14.4 Å². The second-order valence-corrected chi connectivity index (χ2v) is 13.7. The molecule has 3 aromatic rings. The van der Waals surface area contributed by atoms with Crippen LogP contribution in [0.25, 0.3) is 0 Å². The van der Waals surface area contributed by atoms with Crippen molar-refractivity contribution in [3.05, 3.63) is 85.8 Å². The molecule has 0 saturated carbocycles. The van der Waals surface area contributed by atoms with Gasteiger partial charge in [0.25, 0.3) is 11.8 Å². The molecule has 1 aromatic carbocycles. The van der Waals surface area contributed by atoms with Crippen LogP contribution in [0.1, 0.15) is 76.9 Å². The second kappa shape index (κ2) is 15.2. The van der Waals surface area contributed by atoms with Crippen molar-refractivity contribution in [2.75, 3.05) is 38.5 Å². The summed E-state index contributed by atoms with van der Waals surface area (Å²) in [6.07, 6.45) is 2.55. The number of hydrogen-bond donors (Lipinski definition) is 2. The Morgan fingerprint density at radius 1 is 1.00 bits per heavy atom. The number of amides is 3. The number of aryl methyl sites for hydroxylation is 3. The van der Waals surface area contributed by atoms with Gasteiger partial charge in [-0.25, -0.2) is 15.8 Å².